The smallest absolute Gasteiger partial charge is 0.337 e. The lowest BCUT2D eigenvalue weighted by Crippen LogP contribution is -2.42. The van der Waals surface area contributed by atoms with Crippen molar-refractivity contribution in [3.8, 4) is 11.5 Å². The second-order valence-electron chi connectivity index (χ2n) is 7.52. The van der Waals surface area contributed by atoms with Gasteiger partial charge in [0.2, 0.25) is 0 Å². The van der Waals surface area contributed by atoms with Crippen molar-refractivity contribution in [1.82, 2.24) is 0 Å². The van der Waals surface area contributed by atoms with Gasteiger partial charge in [-0.1, -0.05) is 23.7 Å². The van der Waals surface area contributed by atoms with Crippen LogP contribution in [0.15, 0.2) is 72.8 Å². The number of benzene rings is 3. The van der Waals surface area contributed by atoms with E-state index >= 15 is 0 Å². The van der Waals surface area contributed by atoms with E-state index in [2.05, 4.69) is 10.1 Å². The van der Waals surface area contributed by atoms with Crippen LogP contribution < -0.4 is 14.8 Å². The molecule has 0 saturated carbocycles. The molecule has 1 amide bonds. The van der Waals surface area contributed by atoms with E-state index in [9.17, 15) is 9.59 Å². The molecule has 0 fully saturated rings. The minimum Gasteiger partial charge on any atom is -0.489 e. The van der Waals surface area contributed by atoms with Gasteiger partial charge in [0.1, 0.15) is 18.1 Å². The SMILES string of the molecule is COC(=O)c1ccc(COc2ccc(NC(=O)C(C)(C)Oc3ccc(Cl)cc3)cc2)cc1. The van der Waals surface area contributed by atoms with Gasteiger partial charge in [-0.15, -0.1) is 0 Å². The Hall–Kier alpha value is -3.51. The first kappa shape index (κ1) is 23.2. The van der Waals surface area contributed by atoms with E-state index in [0.29, 0.717) is 34.4 Å². The molecule has 0 aliphatic carbocycles. The van der Waals surface area contributed by atoms with Crippen molar-refractivity contribution in [2.75, 3.05) is 12.4 Å². The first-order chi connectivity index (χ1) is 15.3. The normalized spacial score (nSPS) is 10.9. The molecule has 6 nitrogen and oxygen atoms in total. The van der Waals surface area contributed by atoms with Crippen LogP contribution in [0.25, 0.3) is 0 Å². The van der Waals surface area contributed by atoms with Gasteiger partial charge in [-0.3, -0.25) is 4.79 Å². The van der Waals surface area contributed by atoms with Crippen LogP contribution in [0.5, 0.6) is 11.5 Å². The Morgan fingerprint density at radius 2 is 1.47 bits per heavy atom. The molecule has 3 rings (SSSR count). The fourth-order valence-corrected chi connectivity index (χ4v) is 2.91. The number of halogens is 1. The van der Waals surface area contributed by atoms with Crippen LogP contribution in [0.1, 0.15) is 29.8 Å². The van der Waals surface area contributed by atoms with Crippen LogP contribution in [-0.4, -0.2) is 24.6 Å². The molecule has 0 aromatic heterocycles. The number of rotatable bonds is 8. The Bertz CT molecular complexity index is 1060. The number of methoxy groups -OCH3 is 1. The molecule has 1 N–H and O–H groups in total. The zero-order chi connectivity index (χ0) is 23.1. The van der Waals surface area contributed by atoms with E-state index in [-0.39, 0.29) is 11.9 Å². The molecule has 0 aliphatic heterocycles. The lowest BCUT2D eigenvalue weighted by molar-refractivity contribution is -0.128. The number of nitrogens with one attached hydrogen (secondary N) is 1. The Labute approximate surface area is 192 Å². The molecule has 0 spiro atoms. The number of carbonyl (C=O) groups excluding carboxylic acids is 2. The number of carbonyl (C=O) groups is 2. The summed E-state index contributed by atoms with van der Waals surface area (Å²) in [5.41, 5.74) is 0.937. The van der Waals surface area contributed by atoms with Crippen molar-refractivity contribution in [1.29, 1.82) is 0 Å². The molecule has 166 valence electrons. The standard InChI is InChI=1S/C25H24ClNO5/c1-25(2,32-22-12-8-19(26)9-13-22)24(29)27-20-10-14-21(15-11-20)31-16-17-4-6-18(7-5-17)23(28)30-3/h4-15H,16H2,1-3H3,(H,27,29). The van der Waals surface area contributed by atoms with Gasteiger partial charge in [0, 0.05) is 10.7 Å². The summed E-state index contributed by atoms with van der Waals surface area (Å²) in [6, 6.07) is 20.9. The lowest BCUT2D eigenvalue weighted by atomic mass is 10.1. The molecule has 0 radical (unpaired) electrons. The zero-order valence-electron chi connectivity index (χ0n) is 18.1. The molecule has 0 heterocycles. The maximum atomic E-state index is 12.7. The monoisotopic (exact) mass is 453 g/mol. The second-order valence-corrected chi connectivity index (χ2v) is 7.96. The lowest BCUT2D eigenvalue weighted by Gasteiger charge is -2.25. The molecule has 32 heavy (non-hydrogen) atoms. The summed E-state index contributed by atoms with van der Waals surface area (Å²) in [5, 5.41) is 3.45. The van der Waals surface area contributed by atoms with E-state index in [1.165, 1.54) is 7.11 Å². The van der Waals surface area contributed by atoms with Crippen molar-refractivity contribution in [2.45, 2.75) is 26.1 Å². The molecule has 0 atom stereocenters. The van der Waals surface area contributed by atoms with Crippen molar-refractivity contribution >= 4 is 29.2 Å². The third-order valence-corrected chi connectivity index (χ3v) is 4.88. The summed E-state index contributed by atoms with van der Waals surface area (Å²) in [6.07, 6.45) is 0. The number of ether oxygens (including phenoxy) is 3. The third-order valence-electron chi connectivity index (χ3n) is 4.63. The largest absolute Gasteiger partial charge is 0.489 e. The number of hydrogen-bond donors (Lipinski definition) is 1. The quantitative estimate of drug-likeness (QED) is 0.456. The molecule has 3 aromatic rings. The minimum absolute atomic E-state index is 0.285. The first-order valence-corrected chi connectivity index (χ1v) is 10.3. The zero-order valence-corrected chi connectivity index (χ0v) is 18.8. The minimum atomic E-state index is -1.08. The molecule has 7 heteroatoms. The van der Waals surface area contributed by atoms with Gasteiger partial charge in [-0.2, -0.15) is 0 Å². The van der Waals surface area contributed by atoms with E-state index in [1.807, 2.05) is 12.1 Å². The summed E-state index contributed by atoms with van der Waals surface area (Å²) in [4.78, 5) is 24.2. The van der Waals surface area contributed by atoms with Crippen LogP contribution in [0.2, 0.25) is 5.02 Å². The van der Waals surface area contributed by atoms with Crippen molar-refractivity contribution in [3.63, 3.8) is 0 Å². The topological polar surface area (TPSA) is 73.9 Å². The summed E-state index contributed by atoms with van der Waals surface area (Å²) >= 11 is 5.88. The van der Waals surface area contributed by atoms with Gasteiger partial charge >= 0.3 is 5.97 Å². The number of hydrogen-bond acceptors (Lipinski definition) is 5. The number of amides is 1. The van der Waals surface area contributed by atoms with Gasteiger partial charge in [0.25, 0.3) is 5.91 Å². The highest BCUT2D eigenvalue weighted by Crippen LogP contribution is 2.23. The summed E-state index contributed by atoms with van der Waals surface area (Å²) in [6.45, 7) is 3.73. The summed E-state index contributed by atoms with van der Waals surface area (Å²) < 4.78 is 16.3. The number of esters is 1. The predicted octanol–water partition coefficient (Wildman–Crippen LogP) is 5.50. The Morgan fingerprint density at radius 1 is 0.875 bits per heavy atom. The molecule has 0 saturated heterocycles. The molecule has 0 aliphatic rings. The van der Waals surface area contributed by atoms with Crippen LogP contribution in [0.3, 0.4) is 0 Å². The van der Waals surface area contributed by atoms with Crippen molar-refractivity contribution in [2.24, 2.45) is 0 Å². The van der Waals surface area contributed by atoms with E-state index in [0.717, 1.165) is 5.56 Å². The first-order valence-electron chi connectivity index (χ1n) is 9.93. The highest BCUT2D eigenvalue weighted by atomic mass is 35.5. The molecular formula is C25H24ClNO5. The van der Waals surface area contributed by atoms with E-state index < -0.39 is 5.60 Å². The third kappa shape index (κ3) is 6.25. The Morgan fingerprint density at radius 3 is 2.06 bits per heavy atom. The van der Waals surface area contributed by atoms with Gasteiger partial charge in [-0.05, 0) is 80.1 Å². The van der Waals surface area contributed by atoms with Crippen molar-refractivity contribution < 1.29 is 23.8 Å². The highest BCUT2D eigenvalue weighted by Gasteiger charge is 2.30. The maximum absolute atomic E-state index is 12.7. The van der Waals surface area contributed by atoms with Gasteiger partial charge in [0.15, 0.2) is 5.60 Å². The van der Waals surface area contributed by atoms with Crippen molar-refractivity contribution in [3.05, 3.63) is 88.9 Å². The molecule has 0 bridgehead atoms. The van der Waals surface area contributed by atoms with Crippen LogP contribution in [0.4, 0.5) is 5.69 Å². The maximum Gasteiger partial charge on any atom is 0.337 e. The Kier molecular flexibility index (Phi) is 7.38. The summed E-state index contributed by atoms with van der Waals surface area (Å²) in [7, 11) is 1.35. The molecule has 3 aromatic carbocycles. The van der Waals surface area contributed by atoms with Gasteiger partial charge in [-0.25, -0.2) is 4.79 Å². The van der Waals surface area contributed by atoms with Gasteiger partial charge < -0.3 is 19.5 Å². The fraction of sp³-hybridized carbons (Fsp3) is 0.200. The summed E-state index contributed by atoms with van der Waals surface area (Å²) in [5.74, 6) is 0.540. The van der Waals surface area contributed by atoms with E-state index in [4.69, 9.17) is 21.1 Å². The van der Waals surface area contributed by atoms with Crippen LogP contribution >= 0.6 is 11.6 Å². The van der Waals surface area contributed by atoms with Gasteiger partial charge in [0.05, 0.1) is 12.7 Å². The molecular weight excluding hydrogens is 430 g/mol. The highest BCUT2D eigenvalue weighted by molar-refractivity contribution is 6.30. The van der Waals surface area contributed by atoms with Crippen LogP contribution in [0, 0.1) is 0 Å². The van der Waals surface area contributed by atoms with E-state index in [1.54, 1.807) is 74.5 Å². The fourth-order valence-electron chi connectivity index (χ4n) is 2.78. The average molecular weight is 454 g/mol. The average Bonchev–Trinajstić information content (AvgIpc) is 2.79. The number of anilines is 1. The van der Waals surface area contributed by atoms with Crippen LogP contribution in [-0.2, 0) is 16.1 Å². The second kappa shape index (κ2) is 10.2. The Balaban J connectivity index is 1.54. The molecule has 0 unspecified atom stereocenters. The predicted molar refractivity (Wildman–Crippen MR) is 123 cm³/mol.